The van der Waals surface area contributed by atoms with E-state index in [-0.39, 0.29) is 12.3 Å². The lowest BCUT2D eigenvalue weighted by Crippen LogP contribution is -2.27. The van der Waals surface area contributed by atoms with E-state index in [0.29, 0.717) is 11.0 Å². The molecule has 1 aromatic heterocycles. The maximum atomic E-state index is 11.6. The summed E-state index contributed by atoms with van der Waals surface area (Å²) < 4.78 is 9.53. The first-order valence-corrected chi connectivity index (χ1v) is 5.63. The van der Waals surface area contributed by atoms with E-state index in [9.17, 15) is 14.4 Å². The lowest BCUT2D eigenvalue weighted by Gasteiger charge is -2.04. The standard InChI is InChI=1S/C13H11NO5/c1-2-18-13(17)11(15)14-9-7-8-5-3-4-6-10(8)19-12(9)16/h3-7H,2H2,1H3,(H,14,15). The van der Waals surface area contributed by atoms with Crippen molar-refractivity contribution in [3.8, 4) is 0 Å². The van der Waals surface area contributed by atoms with Gasteiger partial charge in [-0.25, -0.2) is 9.59 Å². The van der Waals surface area contributed by atoms with Crippen molar-refractivity contribution in [1.82, 2.24) is 0 Å². The first-order chi connectivity index (χ1) is 9.11. The van der Waals surface area contributed by atoms with Gasteiger partial charge in [-0.05, 0) is 19.1 Å². The summed E-state index contributed by atoms with van der Waals surface area (Å²) in [5.74, 6) is -2.06. The molecule has 0 bridgehead atoms. The minimum absolute atomic E-state index is 0.0819. The number of esters is 1. The largest absolute Gasteiger partial charge is 0.459 e. The SMILES string of the molecule is CCOC(=O)C(=O)Nc1cc2ccccc2oc1=O. The summed E-state index contributed by atoms with van der Waals surface area (Å²) in [5.41, 5.74) is -0.422. The van der Waals surface area contributed by atoms with E-state index in [1.165, 1.54) is 6.07 Å². The van der Waals surface area contributed by atoms with Crippen molar-refractivity contribution in [2.45, 2.75) is 6.92 Å². The number of nitrogens with one attached hydrogen (secondary N) is 1. The van der Waals surface area contributed by atoms with Crippen molar-refractivity contribution in [2.75, 3.05) is 11.9 Å². The summed E-state index contributed by atoms with van der Waals surface area (Å²) in [4.78, 5) is 34.2. The molecule has 0 spiro atoms. The van der Waals surface area contributed by atoms with Crippen LogP contribution in [0.3, 0.4) is 0 Å². The molecule has 0 unspecified atom stereocenters. The molecular formula is C13H11NO5. The Morgan fingerprint density at radius 2 is 2.05 bits per heavy atom. The van der Waals surface area contributed by atoms with Gasteiger partial charge in [-0.1, -0.05) is 18.2 Å². The van der Waals surface area contributed by atoms with E-state index >= 15 is 0 Å². The predicted molar refractivity (Wildman–Crippen MR) is 67.7 cm³/mol. The van der Waals surface area contributed by atoms with Gasteiger partial charge in [0, 0.05) is 5.39 Å². The molecule has 0 saturated heterocycles. The van der Waals surface area contributed by atoms with Crippen LogP contribution in [0, 0.1) is 0 Å². The van der Waals surface area contributed by atoms with Gasteiger partial charge < -0.3 is 14.5 Å². The number of benzene rings is 1. The lowest BCUT2D eigenvalue weighted by atomic mass is 10.2. The van der Waals surface area contributed by atoms with E-state index in [2.05, 4.69) is 10.1 Å². The second-order valence-corrected chi connectivity index (χ2v) is 3.66. The fourth-order valence-corrected chi connectivity index (χ4v) is 1.52. The zero-order chi connectivity index (χ0) is 13.8. The molecular weight excluding hydrogens is 250 g/mol. The molecule has 0 saturated carbocycles. The highest BCUT2D eigenvalue weighted by Crippen LogP contribution is 2.14. The van der Waals surface area contributed by atoms with E-state index in [1.807, 2.05) is 0 Å². The molecule has 0 radical (unpaired) electrons. The number of hydrogen-bond donors (Lipinski definition) is 1. The van der Waals surface area contributed by atoms with E-state index in [4.69, 9.17) is 4.42 Å². The van der Waals surface area contributed by atoms with Gasteiger partial charge in [0.05, 0.1) is 6.61 Å². The maximum Gasteiger partial charge on any atom is 0.397 e. The number of fused-ring (bicyclic) bond motifs is 1. The molecule has 2 rings (SSSR count). The van der Waals surface area contributed by atoms with Crippen LogP contribution in [0.25, 0.3) is 11.0 Å². The number of carbonyl (C=O) groups is 2. The third-order valence-corrected chi connectivity index (χ3v) is 2.35. The quantitative estimate of drug-likeness (QED) is 0.500. The van der Waals surface area contributed by atoms with Gasteiger partial charge in [0.15, 0.2) is 0 Å². The molecule has 6 heteroatoms. The molecule has 0 aliphatic carbocycles. The van der Waals surface area contributed by atoms with Gasteiger partial charge in [-0.3, -0.25) is 4.79 Å². The van der Waals surface area contributed by atoms with E-state index in [0.717, 1.165) is 0 Å². The van der Waals surface area contributed by atoms with Crippen LogP contribution in [0.15, 0.2) is 39.5 Å². The molecule has 0 aliphatic heterocycles. The minimum Gasteiger partial charge on any atom is -0.459 e. The molecule has 6 nitrogen and oxygen atoms in total. The monoisotopic (exact) mass is 261 g/mol. The van der Waals surface area contributed by atoms with Crippen molar-refractivity contribution in [1.29, 1.82) is 0 Å². The Morgan fingerprint density at radius 3 is 2.79 bits per heavy atom. The van der Waals surface area contributed by atoms with E-state index in [1.54, 1.807) is 31.2 Å². The van der Waals surface area contributed by atoms with Crippen molar-refractivity contribution < 1.29 is 18.7 Å². The van der Waals surface area contributed by atoms with Crippen LogP contribution >= 0.6 is 0 Å². The minimum atomic E-state index is -1.05. The average molecular weight is 261 g/mol. The van der Waals surface area contributed by atoms with Gasteiger partial charge in [0.25, 0.3) is 0 Å². The third kappa shape index (κ3) is 2.79. The summed E-state index contributed by atoms with van der Waals surface area (Å²) >= 11 is 0. The Kier molecular flexibility index (Phi) is 3.61. The Morgan fingerprint density at radius 1 is 1.32 bits per heavy atom. The summed E-state index contributed by atoms with van der Waals surface area (Å²) in [6.45, 7) is 1.66. The highest BCUT2D eigenvalue weighted by Gasteiger charge is 2.17. The number of amides is 1. The number of hydrogen-bond acceptors (Lipinski definition) is 5. The number of ether oxygens (including phenoxy) is 1. The van der Waals surface area contributed by atoms with Crippen LogP contribution in [0.2, 0.25) is 0 Å². The topological polar surface area (TPSA) is 85.6 Å². The van der Waals surface area contributed by atoms with Crippen LogP contribution in [0.1, 0.15) is 6.92 Å². The number of anilines is 1. The van der Waals surface area contributed by atoms with Crippen LogP contribution in [0.4, 0.5) is 5.69 Å². The van der Waals surface area contributed by atoms with Gasteiger partial charge in [-0.2, -0.15) is 0 Å². The van der Waals surface area contributed by atoms with Crippen molar-refractivity contribution in [3.63, 3.8) is 0 Å². The normalized spacial score (nSPS) is 10.2. The molecule has 2 aromatic rings. The molecule has 98 valence electrons. The summed E-state index contributed by atoms with van der Waals surface area (Å²) in [5, 5.41) is 2.81. The molecule has 1 amide bonds. The van der Waals surface area contributed by atoms with Crippen molar-refractivity contribution in [2.24, 2.45) is 0 Å². The molecule has 1 heterocycles. The van der Waals surface area contributed by atoms with Crippen molar-refractivity contribution >= 4 is 28.5 Å². The lowest BCUT2D eigenvalue weighted by molar-refractivity contribution is -0.152. The molecule has 0 atom stereocenters. The highest BCUT2D eigenvalue weighted by molar-refractivity contribution is 6.37. The van der Waals surface area contributed by atoms with Crippen molar-refractivity contribution in [3.05, 3.63) is 40.8 Å². The fourth-order valence-electron chi connectivity index (χ4n) is 1.52. The molecule has 0 aliphatic rings. The zero-order valence-corrected chi connectivity index (χ0v) is 10.1. The van der Waals surface area contributed by atoms with Crippen LogP contribution in [0.5, 0.6) is 0 Å². The van der Waals surface area contributed by atoms with E-state index < -0.39 is 17.5 Å². The Labute approximate surface area is 108 Å². The van der Waals surface area contributed by atoms with Gasteiger partial charge in [0.1, 0.15) is 11.3 Å². The maximum absolute atomic E-state index is 11.6. The first-order valence-electron chi connectivity index (χ1n) is 5.63. The summed E-state index contributed by atoms with van der Waals surface area (Å²) in [6.07, 6.45) is 0. The molecule has 1 aromatic carbocycles. The number of carbonyl (C=O) groups excluding carboxylic acids is 2. The van der Waals surface area contributed by atoms with Crippen LogP contribution in [-0.2, 0) is 14.3 Å². The highest BCUT2D eigenvalue weighted by atomic mass is 16.5. The Bertz CT molecular complexity index is 689. The molecule has 0 fully saturated rings. The summed E-state index contributed by atoms with van der Waals surface area (Å²) in [6, 6.07) is 8.28. The predicted octanol–water partition coefficient (Wildman–Crippen LogP) is 1.29. The second-order valence-electron chi connectivity index (χ2n) is 3.66. The second kappa shape index (κ2) is 5.34. The van der Waals surface area contributed by atoms with Gasteiger partial charge in [-0.15, -0.1) is 0 Å². The Balaban J connectivity index is 2.30. The molecule has 19 heavy (non-hydrogen) atoms. The number of rotatable bonds is 2. The average Bonchev–Trinajstić information content (AvgIpc) is 2.39. The smallest absolute Gasteiger partial charge is 0.397 e. The molecule has 1 N–H and O–H groups in total. The first kappa shape index (κ1) is 12.8. The zero-order valence-electron chi connectivity index (χ0n) is 10.1. The fraction of sp³-hybridized carbons (Fsp3) is 0.154. The third-order valence-electron chi connectivity index (χ3n) is 2.35. The summed E-state index contributed by atoms with van der Waals surface area (Å²) in [7, 11) is 0. The van der Waals surface area contributed by atoms with Gasteiger partial charge in [0.2, 0.25) is 0 Å². The van der Waals surface area contributed by atoms with Crippen LogP contribution in [-0.4, -0.2) is 18.5 Å². The van der Waals surface area contributed by atoms with Gasteiger partial charge >= 0.3 is 17.5 Å². The number of para-hydroxylation sites is 1. The van der Waals surface area contributed by atoms with Crippen LogP contribution < -0.4 is 10.9 Å². The Hall–Kier alpha value is -2.63.